The van der Waals surface area contributed by atoms with Gasteiger partial charge >= 0.3 is 11.7 Å². The summed E-state index contributed by atoms with van der Waals surface area (Å²) in [4.78, 5) is 47.5. The van der Waals surface area contributed by atoms with Gasteiger partial charge in [0.25, 0.3) is 11.5 Å². The van der Waals surface area contributed by atoms with Crippen molar-refractivity contribution in [2.24, 2.45) is 14.1 Å². The summed E-state index contributed by atoms with van der Waals surface area (Å²) < 4.78 is 16.4. The van der Waals surface area contributed by atoms with Crippen molar-refractivity contribution in [1.29, 1.82) is 0 Å². The zero-order valence-corrected chi connectivity index (χ0v) is 15.8. The number of halogens is 2. The fourth-order valence-electron chi connectivity index (χ4n) is 2.16. The second kappa shape index (κ2) is 7.68. The van der Waals surface area contributed by atoms with E-state index in [1.165, 1.54) is 26.2 Å². The second-order valence-electron chi connectivity index (χ2n) is 5.25. The number of anilines is 2. The summed E-state index contributed by atoms with van der Waals surface area (Å²) >= 11 is 1.91. The van der Waals surface area contributed by atoms with Crippen molar-refractivity contribution in [3.05, 3.63) is 54.0 Å². The van der Waals surface area contributed by atoms with Gasteiger partial charge in [-0.05, 0) is 40.8 Å². The number of aliphatic carboxylic acids is 1. The maximum Gasteiger partial charge on any atom is 0.332 e. The number of hydrogen-bond acceptors (Lipinski definition) is 5. The minimum absolute atomic E-state index is 0.0547. The van der Waals surface area contributed by atoms with Gasteiger partial charge in [0.2, 0.25) is 0 Å². The molecule has 1 heterocycles. The maximum atomic E-state index is 14.1. The lowest BCUT2D eigenvalue weighted by molar-refractivity contribution is -0.135. The van der Waals surface area contributed by atoms with Gasteiger partial charge < -0.3 is 15.7 Å². The lowest BCUT2D eigenvalue weighted by atomic mass is 10.2. The van der Waals surface area contributed by atoms with Gasteiger partial charge in [-0.2, -0.15) is 0 Å². The van der Waals surface area contributed by atoms with Crippen LogP contribution in [0.1, 0.15) is 10.4 Å². The van der Waals surface area contributed by atoms with E-state index >= 15 is 0 Å². The lowest BCUT2D eigenvalue weighted by Crippen LogP contribution is -2.44. The van der Waals surface area contributed by atoms with Crippen LogP contribution in [0.3, 0.4) is 0 Å². The van der Waals surface area contributed by atoms with Crippen molar-refractivity contribution in [2.75, 3.05) is 11.9 Å². The third-order valence-electron chi connectivity index (χ3n) is 3.48. The molecule has 0 saturated heterocycles. The van der Waals surface area contributed by atoms with Crippen molar-refractivity contribution in [1.82, 2.24) is 14.5 Å². The largest absolute Gasteiger partial charge is 0.480 e. The van der Waals surface area contributed by atoms with Crippen molar-refractivity contribution in [3.63, 3.8) is 0 Å². The van der Waals surface area contributed by atoms with E-state index in [4.69, 9.17) is 5.11 Å². The first-order valence-corrected chi connectivity index (χ1v) is 8.23. The zero-order chi connectivity index (χ0) is 19.6. The molecule has 26 heavy (non-hydrogen) atoms. The Morgan fingerprint density at radius 2 is 1.88 bits per heavy atom. The number of aromatic nitrogens is 2. The summed E-state index contributed by atoms with van der Waals surface area (Å²) in [7, 11) is 2.47. The van der Waals surface area contributed by atoms with Gasteiger partial charge in [-0.25, -0.2) is 9.18 Å². The minimum atomic E-state index is -1.31. The Morgan fingerprint density at radius 1 is 1.23 bits per heavy atom. The molecule has 2 aromatic rings. The van der Waals surface area contributed by atoms with Crippen LogP contribution in [0, 0.1) is 9.39 Å². The van der Waals surface area contributed by atoms with Gasteiger partial charge in [-0.3, -0.25) is 23.5 Å². The van der Waals surface area contributed by atoms with Gasteiger partial charge in [-0.15, -0.1) is 0 Å². The first-order chi connectivity index (χ1) is 12.1. The number of nitrogens with one attached hydrogen (secondary N) is 2. The lowest BCUT2D eigenvalue weighted by Gasteiger charge is -2.16. The molecule has 0 aliphatic heterocycles. The summed E-state index contributed by atoms with van der Waals surface area (Å²) in [6.07, 6.45) is 0. The molecule has 0 aliphatic carbocycles. The Bertz CT molecular complexity index is 1010. The van der Waals surface area contributed by atoms with Crippen LogP contribution >= 0.6 is 22.6 Å². The molecule has 0 aliphatic rings. The molecule has 138 valence electrons. The van der Waals surface area contributed by atoms with E-state index in [9.17, 15) is 23.6 Å². The molecule has 1 aromatic carbocycles. The summed E-state index contributed by atoms with van der Waals surface area (Å²) in [6, 6.07) is 4.21. The molecule has 0 radical (unpaired) electrons. The average molecular weight is 476 g/mol. The highest BCUT2D eigenvalue weighted by Gasteiger charge is 2.23. The highest BCUT2D eigenvalue weighted by atomic mass is 127. The molecule has 0 atom stereocenters. The van der Waals surface area contributed by atoms with Crippen molar-refractivity contribution in [2.45, 2.75) is 0 Å². The Kier molecular flexibility index (Phi) is 5.79. The van der Waals surface area contributed by atoms with Gasteiger partial charge in [-0.1, -0.05) is 0 Å². The van der Waals surface area contributed by atoms with Crippen LogP contribution in [0.2, 0.25) is 0 Å². The molecule has 1 aromatic heterocycles. The molecule has 0 unspecified atom stereocenters. The van der Waals surface area contributed by atoms with Crippen LogP contribution in [-0.4, -0.2) is 32.7 Å². The fourth-order valence-corrected chi connectivity index (χ4v) is 2.61. The number of amides is 1. The molecule has 1 amide bonds. The quantitative estimate of drug-likeness (QED) is 0.537. The molecule has 9 nitrogen and oxygen atoms in total. The SMILES string of the molecule is Cn1c(Nc2ccc(I)cc2F)c(C(=O)NCC(=O)O)c(=O)n(C)c1=O. The topological polar surface area (TPSA) is 122 Å². The monoisotopic (exact) mass is 476 g/mol. The van der Waals surface area contributed by atoms with E-state index in [-0.39, 0.29) is 11.5 Å². The van der Waals surface area contributed by atoms with E-state index < -0.39 is 41.1 Å². The van der Waals surface area contributed by atoms with Crippen LogP contribution in [-0.2, 0) is 18.9 Å². The average Bonchev–Trinajstić information content (AvgIpc) is 2.58. The number of carbonyl (C=O) groups is 2. The number of benzene rings is 1. The normalized spacial score (nSPS) is 10.5. The number of carbonyl (C=O) groups excluding carboxylic acids is 1. The predicted octanol–water partition coefficient (Wildman–Crippen LogP) is 0.386. The number of nitrogens with zero attached hydrogens (tertiary/aromatic N) is 2. The van der Waals surface area contributed by atoms with E-state index in [2.05, 4.69) is 10.6 Å². The van der Waals surface area contributed by atoms with Crippen LogP contribution in [0.4, 0.5) is 15.9 Å². The summed E-state index contributed by atoms with van der Waals surface area (Å²) in [5.41, 5.74) is -2.24. The van der Waals surface area contributed by atoms with Crippen LogP contribution in [0.25, 0.3) is 0 Å². The first-order valence-electron chi connectivity index (χ1n) is 7.15. The molecule has 0 saturated carbocycles. The Balaban J connectivity index is 2.63. The number of rotatable bonds is 5. The minimum Gasteiger partial charge on any atom is -0.480 e. The van der Waals surface area contributed by atoms with Crippen LogP contribution in [0.5, 0.6) is 0 Å². The first kappa shape index (κ1) is 19.6. The van der Waals surface area contributed by atoms with Crippen LogP contribution < -0.4 is 21.9 Å². The zero-order valence-electron chi connectivity index (χ0n) is 13.7. The predicted molar refractivity (Wildman–Crippen MR) is 99.3 cm³/mol. The highest BCUT2D eigenvalue weighted by Crippen LogP contribution is 2.22. The van der Waals surface area contributed by atoms with Gasteiger partial charge in [0.05, 0.1) is 5.69 Å². The van der Waals surface area contributed by atoms with Crippen molar-refractivity contribution < 1.29 is 19.1 Å². The number of carboxylic acids is 1. The van der Waals surface area contributed by atoms with E-state index in [1.54, 1.807) is 6.07 Å². The summed E-state index contributed by atoms with van der Waals surface area (Å²) in [6.45, 7) is -0.720. The smallest absolute Gasteiger partial charge is 0.332 e. The van der Waals surface area contributed by atoms with Crippen LogP contribution in [0.15, 0.2) is 27.8 Å². The van der Waals surface area contributed by atoms with Crippen molar-refractivity contribution >= 4 is 46.0 Å². The van der Waals surface area contributed by atoms with Crippen molar-refractivity contribution in [3.8, 4) is 0 Å². The summed E-state index contributed by atoms with van der Waals surface area (Å²) in [5, 5.41) is 13.3. The third-order valence-corrected chi connectivity index (χ3v) is 4.15. The summed E-state index contributed by atoms with van der Waals surface area (Å²) in [5.74, 6) is -3.21. The Hall–Kier alpha value is -2.70. The standard InChI is InChI=1S/C15H14FIN4O5/c1-20-12(19-9-4-3-7(17)5-8(9)16)11(13(24)18-6-10(22)23)14(25)21(2)15(20)26/h3-5,19H,6H2,1-2H3,(H,18,24)(H,22,23). The molecule has 0 bridgehead atoms. The van der Waals surface area contributed by atoms with E-state index in [0.29, 0.717) is 8.14 Å². The molecule has 2 rings (SSSR count). The van der Waals surface area contributed by atoms with E-state index in [0.717, 1.165) is 4.57 Å². The number of hydrogen-bond donors (Lipinski definition) is 3. The van der Waals surface area contributed by atoms with Gasteiger partial charge in [0, 0.05) is 17.7 Å². The molecule has 3 N–H and O–H groups in total. The molecule has 0 fully saturated rings. The molecular weight excluding hydrogens is 462 g/mol. The maximum absolute atomic E-state index is 14.1. The van der Waals surface area contributed by atoms with Gasteiger partial charge in [0.15, 0.2) is 0 Å². The second-order valence-corrected chi connectivity index (χ2v) is 6.50. The van der Waals surface area contributed by atoms with Gasteiger partial charge in [0.1, 0.15) is 23.7 Å². The third kappa shape index (κ3) is 3.92. The Labute approximate surface area is 159 Å². The fraction of sp³-hybridized carbons (Fsp3) is 0.200. The highest BCUT2D eigenvalue weighted by molar-refractivity contribution is 14.1. The molecule has 11 heteroatoms. The number of carboxylic acid groups (broad SMARTS) is 1. The molecular formula is C15H14FIN4O5. The molecule has 0 spiro atoms. The van der Waals surface area contributed by atoms with E-state index in [1.807, 2.05) is 22.6 Å². The Morgan fingerprint density at radius 3 is 2.46 bits per heavy atom.